The number of imidazole rings is 1. The average molecular weight is 345 g/mol. The molecule has 0 aliphatic carbocycles. The van der Waals surface area contributed by atoms with Gasteiger partial charge in [-0.15, -0.1) is 0 Å². The summed E-state index contributed by atoms with van der Waals surface area (Å²) in [7, 11) is 1.70. The van der Waals surface area contributed by atoms with Crippen molar-refractivity contribution in [3.8, 4) is 0 Å². The number of rotatable bonds is 5. The molecule has 0 unspecified atom stereocenters. The van der Waals surface area contributed by atoms with Gasteiger partial charge in [-0.25, -0.2) is 4.98 Å². The monoisotopic (exact) mass is 345 g/mol. The molecule has 0 bridgehead atoms. The van der Waals surface area contributed by atoms with Gasteiger partial charge in [0.15, 0.2) is 5.16 Å². The Morgan fingerprint density at radius 1 is 1.43 bits per heavy atom. The smallest absolute Gasteiger partial charge is 0.390 e. The van der Waals surface area contributed by atoms with E-state index in [0.717, 1.165) is 23.9 Å². The number of amides is 1. The molecule has 1 aromatic heterocycles. The maximum absolute atomic E-state index is 12.6. The first-order valence-corrected chi connectivity index (χ1v) is 7.51. The van der Waals surface area contributed by atoms with Crippen LogP contribution in [0.2, 0.25) is 0 Å². The summed E-state index contributed by atoms with van der Waals surface area (Å²) in [5.41, 5.74) is -0.133. The number of halogens is 3. The number of carbonyl (C=O) groups is 1. The third-order valence-corrected chi connectivity index (χ3v) is 4.05. The Morgan fingerprint density at radius 2 is 2.17 bits per heavy atom. The first kappa shape index (κ1) is 17.4. The number of aliphatic hydroxyl groups excluding tert-OH is 1. The molecular weight excluding hydrogens is 331 g/mol. The predicted octanol–water partition coefficient (Wildman–Crippen LogP) is 2.66. The van der Waals surface area contributed by atoms with Crippen LogP contribution in [0.4, 0.5) is 18.9 Å². The summed E-state index contributed by atoms with van der Waals surface area (Å²) < 4.78 is 39.5. The zero-order valence-electron chi connectivity index (χ0n) is 12.1. The molecule has 23 heavy (non-hydrogen) atoms. The van der Waals surface area contributed by atoms with Gasteiger partial charge in [0, 0.05) is 12.7 Å². The van der Waals surface area contributed by atoms with Gasteiger partial charge in [-0.3, -0.25) is 4.79 Å². The summed E-state index contributed by atoms with van der Waals surface area (Å²) in [6.45, 7) is -0.166. The zero-order valence-corrected chi connectivity index (χ0v) is 12.9. The number of hydrogen-bond donors (Lipinski definition) is 2. The van der Waals surface area contributed by atoms with Crippen molar-refractivity contribution in [3.05, 3.63) is 41.7 Å². The van der Waals surface area contributed by atoms with E-state index in [1.54, 1.807) is 11.6 Å². The van der Waals surface area contributed by atoms with Gasteiger partial charge in [0.05, 0.1) is 29.8 Å². The van der Waals surface area contributed by atoms with Gasteiger partial charge < -0.3 is 15.0 Å². The van der Waals surface area contributed by atoms with Crippen molar-refractivity contribution in [2.45, 2.75) is 17.9 Å². The Balaban J connectivity index is 1.96. The molecule has 9 heteroatoms. The van der Waals surface area contributed by atoms with Gasteiger partial charge >= 0.3 is 6.18 Å². The average Bonchev–Trinajstić information content (AvgIpc) is 2.85. The minimum Gasteiger partial charge on any atom is -0.390 e. The molecule has 0 fully saturated rings. The third kappa shape index (κ3) is 4.49. The van der Waals surface area contributed by atoms with Crippen LogP contribution in [0.15, 0.2) is 35.6 Å². The molecule has 0 aliphatic heterocycles. The molecule has 0 saturated heterocycles. The van der Waals surface area contributed by atoms with E-state index in [9.17, 15) is 18.0 Å². The van der Waals surface area contributed by atoms with Gasteiger partial charge in [0.25, 0.3) is 0 Å². The van der Waals surface area contributed by atoms with Gasteiger partial charge in [-0.2, -0.15) is 13.2 Å². The van der Waals surface area contributed by atoms with Crippen molar-refractivity contribution >= 4 is 23.4 Å². The summed E-state index contributed by atoms with van der Waals surface area (Å²) in [6, 6.07) is 4.45. The molecule has 0 aliphatic rings. The Hall–Kier alpha value is -2.00. The number of hydrogen-bond acceptors (Lipinski definition) is 4. The standard InChI is InChI=1S/C14H14F3N3O2S/c1-20-11(7-21)6-18-13(20)23-8-12(22)19-10-4-2-3-9(5-10)14(15,16)17/h2-6,21H,7-8H2,1H3,(H,19,22). The molecule has 0 atom stereocenters. The lowest BCUT2D eigenvalue weighted by molar-refractivity contribution is -0.137. The van der Waals surface area contributed by atoms with Gasteiger partial charge in [0.1, 0.15) is 0 Å². The molecule has 2 N–H and O–H groups in total. The third-order valence-electron chi connectivity index (χ3n) is 3.01. The van der Waals surface area contributed by atoms with Gasteiger partial charge in [-0.05, 0) is 18.2 Å². The highest BCUT2D eigenvalue weighted by Gasteiger charge is 2.30. The first-order valence-electron chi connectivity index (χ1n) is 6.52. The second-order valence-electron chi connectivity index (χ2n) is 4.66. The van der Waals surface area contributed by atoms with Gasteiger partial charge in [0.2, 0.25) is 5.91 Å². The van der Waals surface area contributed by atoms with E-state index in [1.807, 2.05) is 0 Å². The minimum atomic E-state index is -4.46. The van der Waals surface area contributed by atoms with Crippen LogP contribution in [-0.4, -0.2) is 26.3 Å². The van der Waals surface area contributed by atoms with Crippen molar-refractivity contribution in [2.75, 3.05) is 11.1 Å². The Bertz CT molecular complexity index is 701. The molecule has 124 valence electrons. The van der Waals surface area contributed by atoms with Crippen LogP contribution >= 0.6 is 11.8 Å². The highest BCUT2D eigenvalue weighted by Crippen LogP contribution is 2.30. The lowest BCUT2D eigenvalue weighted by atomic mass is 10.2. The predicted molar refractivity (Wildman–Crippen MR) is 79.9 cm³/mol. The molecule has 0 saturated carbocycles. The molecular formula is C14H14F3N3O2S. The maximum atomic E-state index is 12.6. The number of anilines is 1. The second-order valence-corrected chi connectivity index (χ2v) is 5.61. The largest absolute Gasteiger partial charge is 0.416 e. The summed E-state index contributed by atoms with van der Waals surface area (Å²) >= 11 is 1.13. The van der Waals surface area contributed by atoms with Crippen molar-refractivity contribution in [3.63, 3.8) is 0 Å². The highest BCUT2D eigenvalue weighted by molar-refractivity contribution is 7.99. The number of nitrogens with zero attached hydrogens (tertiary/aromatic N) is 2. The second kappa shape index (κ2) is 7.05. The van der Waals surface area contributed by atoms with Crippen LogP contribution < -0.4 is 5.32 Å². The summed E-state index contributed by atoms with van der Waals surface area (Å²) in [6.07, 6.45) is -2.96. The van der Waals surface area contributed by atoms with Crippen LogP contribution in [0.25, 0.3) is 0 Å². The lowest BCUT2D eigenvalue weighted by Crippen LogP contribution is -2.15. The minimum absolute atomic E-state index is 0.00797. The molecule has 1 amide bonds. The fourth-order valence-electron chi connectivity index (χ4n) is 1.81. The van der Waals surface area contributed by atoms with Crippen LogP contribution in [0.3, 0.4) is 0 Å². The van der Waals surface area contributed by atoms with E-state index >= 15 is 0 Å². The fourth-order valence-corrected chi connectivity index (χ4v) is 2.58. The van der Waals surface area contributed by atoms with E-state index in [1.165, 1.54) is 18.3 Å². The summed E-state index contributed by atoms with van der Waals surface area (Å²) in [5.74, 6) is -0.450. The molecule has 0 spiro atoms. The Labute approximate surface area is 134 Å². The van der Waals surface area contributed by atoms with E-state index < -0.39 is 17.6 Å². The van der Waals surface area contributed by atoms with Crippen LogP contribution in [0.5, 0.6) is 0 Å². The topological polar surface area (TPSA) is 67.1 Å². The number of aromatic nitrogens is 2. The number of benzene rings is 1. The molecule has 5 nitrogen and oxygen atoms in total. The van der Waals surface area contributed by atoms with E-state index in [4.69, 9.17) is 5.11 Å². The molecule has 2 rings (SSSR count). The van der Waals surface area contributed by atoms with Gasteiger partial charge in [-0.1, -0.05) is 17.8 Å². The van der Waals surface area contributed by atoms with Crippen LogP contribution in [-0.2, 0) is 24.6 Å². The highest BCUT2D eigenvalue weighted by atomic mass is 32.2. The summed E-state index contributed by atoms with van der Waals surface area (Å²) in [5, 5.41) is 12.0. The summed E-state index contributed by atoms with van der Waals surface area (Å²) in [4.78, 5) is 15.9. The zero-order chi connectivity index (χ0) is 17.0. The molecule has 1 heterocycles. The Kier molecular flexibility index (Phi) is 5.32. The lowest BCUT2D eigenvalue weighted by Gasteiger charge is -2.10. The van der Waals surface area contributed by atoms with Crippen LogP contribution in [0, 0.1) is 0 Å². The van der Waals surface area contributed by atoms with Crippen molar-refractivity contribution in [1.82, 2.24) is 9.55 Å². The Morgan fingerprint density at radius 3 is 2.78 bits per heavy atom. The van der Waals surface area contributed by atoms with Crippen molar-refractivity contribution in [2.24, 2.45) is 7.05 Å². The van der Waals surface area contributed by atoms with Crippen molar-refractivity contribution in [1.29, 1.82) is 0 Å². The fraction of sp³-hybridized carbons (Fsp3) is 0.286. The first-order chi connectivity index (χ1) is 10.8. The molecule has 1 aromatic carbocycles. The van der Waals surface area contributed by atoms with Crippen LogP contribution in [0.1, 0.15) is 11.3 Å². The number of aliphatic hydroxyl groups is 1. The molecule has 0 radical (unpaired) electrons. The number of alkyl halides is 3. The van der Waals surface area contributed by atoms with E-state index in [2.05, 4.69) is 10.3 Å². The SMILES string of the molecule is Cn1c(CO)cnc1SCC(=O)Nc1cccc(C(F)(F)F)c1. The quantitative estimate of drug-likeness (QED) is 0.818. The normalized spacial score (nSPS) is 11.5. The van der Waals surface area contributed by atoms with E-state index in [-0.39, 0.29) is 18.0 Å². The number of thioether (sulfide) groups is 1. The van der Waals surface area contributed by atoms with E-state index in [0.29, 0.717) is 10.9 Å². The number of carbonyl (C=O) groups excluding carboxylic acids is 1. The molecule has 2 aromatic rings. The maximum Gasteiger partial charge on any atom is 0.416 e. The van der Waals surface area contributed by atoms with Crippen molar-refractivity contribution < 1.29 is 23.1 Å². The number of nitrogens with one attached hydrogen (secondary N) is 1.